The van der Waals surface area contributed by atoms with Crippen molar-refractivity contribution in [1.29, 1.82) is 0 Å². The van der Waals surface area contributed by atoms with E-state index in [4.69, 9.17) is 4.74 Å². The Morgan fingerprint density at radius 2 is 1.92 bits per heavy atom. The normalized spacial score (nSPS) is 12.0. The number of ether oxygens (including phenoxy) is 1. The number of anilines is 1. The number of rotatable bonds is 8. The molecule has 2 aromatic rings. The van der Waals surface area contributed by atoms with Gasteiger partial charge in [-0.1, -0.05) is 18.2 Å². The van der Waals surface area contributed by atoms with Crippen LogP contribution in [0.25, 0.3) is 0 Å². The summed E-state index contributed by atoms with van der Waals surface area (Å²) in [5, 5.41) is 12.8. The zero-order valence-corrected chi connectivity index (χ0v) is 14.4. The summed E-state index contributed by atoms with van der Waals surface area (Å²) in [6, 6.07) is 13.5. The molecule has 2 N–H and O–H groups in total. The first-order chi connectivity index (χ1) is 11.9. The first kappa shape index (κ1) is 18.9. The molecular formula is C19H23FN2O3. The highest BCUT2D eigenvalue weighted by molar-refractivity contribution is 5.88. The highest BCUT2D eigenvalue weighted by Gasteiger charge is 2.11. The van der Waals surface area contributed by atoms with Crippen LogP contribution in [-0.2, 0) is 11.3 Å². The minimum absolute atomic E-state index is 0.126. The highest BCUT2D eigenvalue weighted by Crippen LogP contribution is 2.16. The summed E-state index contributed by atoms with van der Waals surface area (Å²) < 4.78 is 19.2. The predicted molar refractivity (Wildman–Crippen MR) is 95.0 cm³/mol. The van der Waals surface area contributed by atoms with E-state index in [1.165, 1.54) is 13.0 Å². The van der Waals surface area contributed by atoms with Gasteiger partial charge in [0.2, 0.25) is 5.91 Å². The summed E-state index contributed by atoms with van der Waals surface area (Å²) in [4.78, 5) is 12.8. The fraction of sp³-hybridized carbons (Fsp3) is 0.316. The quantitative estimate of drug-likeness (QED) is 0.771. The topological polar surface area (TPSA) is 61.8 Å². The van der Waals surface area contributed by atoms with Crippen molar-refractivity contribution in [3.63, 3.8) is 0 Å². The van der Waals surface area contributed by atoms with Gasteiger partial charge < -0.3 is 15.2 Å². The van der Waals surface area contributed by atoms with Gasteiger partial charge in [0.25, 0.3) is 0 Å². The van der Waals surface area contributed by atoms with E-state index in [1.54, 1.807) is 42.5 Å². The molecule has 0 fully saturated rings. The molecule has 0 heterocycles. The Hall–Kier alpha value is -2.44. The van der Waals surface area contributed by atoms with Gasteiger partial charge in [-0.2, -0.15) is 0 Å². The van der Waals surface area contributed by atoms with E-state index in [2.05, 4.69) is 5.32 Å². The van der Waals surface area contributed by atoms with Gasteiger partial charge in [-0.15, -0.1) is 0 Å². The molecule has 0 aliphatic carbocycles. The maximum absolute atomic E-state index is 13.6. The number of hydrogen-bond donors (Lipinski definition) is 2. The number of halogens is 1. The maximum Gasteiger partial charge on any atom is 0.221 e. The Labute approximate surface area is 147 Å². The number of nitrogens with one attached hydrogen (secondary N) is 1. The number of aliphatic hydroxyl groups excluding tert-OH is 1. The van der Waals surface area contributed by atoms with Crippen molar-refractivity contribution in [2.75, 3.05) is 25.5 Å². The number of hydrogen-bond acceptors (Lipinski definition) is 4. The van der Waals surface area contributed by atoms with Crippen molar-refractivity contribution >= 4 is 11.6 Å². The lowest BCUT2D eigenvalue weighted by Crippen LogP contribution is -2.33. The van der Waals surface area contributed by atoms with Gasteiger partial charge in [0.05, 0.1) is 0 Å². The largest absolute Gasteiger partial charge is 0.491 e. The summed E-state index contributed by atoms with van der Waals surface area (Å²) in [5.41, 5.74) is 1.27. The van der Waals surface area contributed by atoms with Gasteiger partial charge in [0.15, 0.2) is 0 Å². The second-order valence-corrected chi connectivity index (χ2v) is 5.96. The Morgan fingerprint density at radius 3 is 2.56 bits per heavy atom. The van der Waals surface area contributed by atoms with Crippen LogP contribution in [0.4, 0.5) is 10.1 Å². The Kier molecular flexibility index (Phi) is 6.91. The molecular weight excluding hydrogens is 323 g/mol. The zero-order valence-electron chi connectivity index (χ0n) is 14.4. The monoisotopic (exact) mass is 346 g/mol. The van der Waals surface area contributed by atoms with Crippen LogP contribution in [0.2, 0.25) is 0 Å². The molecule has 134 valence electrons. The van der Waals surface area contributed by atoms with Crippen LogP contribution >= 0.6 is 0 Å². The second kappa shape index (κ2) is 9.15. The molecule has 0 spiro atoms. The minimum Gasteiger partial charge on any atom is -0.491 e. The molecule has 2 aromatic carbocycles. The van der Waals surface area contributed by atoms with E-state index in [0.29, 0.717) is 30.1 Å². The Morgan fingerprint density at radius 1 is 1.24 bits per heavy atom. The molecule has 0 radical (unpaired) electrons. The first-order valence-corrected chi connectivity index (χ1v) is 8.04. The van der Waals surface area contributed by atoms with E-state index >= 15 is 0 Å². The van der Waals surface area contributed by atoms with Crippen LogP contribution < -0.4 is 10.1 Å². The van der Waals surface area contributed by atoms with Crippen molar-refractivity contribution in [3.05, 3.63) is 59.9 Å². The molecule has 1 unspecified atom stereocenters. The predicted octanol–water partition coefficient (Wildman–Crippen LogP) is 2.66. The Bertz CT molecular complexity index is 691. The van der Waals surface area contributed by atoms with Crippen LogP contribution in [0, 0.1) is 5.82 Å². The van der Waals surface area contributed by atoms with Gasteiger partial charge in [0.1, 0.15) is 24.3 Å². The molecule has 0 saturated carbocycles. The van der Waals surface area contributed by atoms with Crippen molar-refractivity contribution < 1.29 is 19.0 Å². The van der Waals surface area contributed by atoms with E-state index in [0.717, 1.165) is 0 Å². The number of benzene rings is 2. The van der Waals surface area contributed by atoms with Crippen molar-refractivity contribution in [2.24, 2.45) is 0 Å². The second-order valence-electron chi connectivity index (χ2n) is 5.96. The number of nitrogens with zero attached hydrogens (tertiary/aromatic N) is 1. The van der Waals surface area contributed by atoms with Gasteiger partial charge in [-0.3, -0.25) is 9.69 Å². The number of likely N-dealkylation sites (N-methyl/N-ethyl adjacent to an activating group) is 1. The third-order valence-corrected chi connectivity index (χ3v) is 3.54. The van der Waals surface area contributed by atoms with Crippen LogP contribution in [-0.4, -0.2) is 42.2 Å². The summed E-state index contributed by atoms with van der Waals surface area (Å²) in [5.74, 6) is 0.214. The molecule has 2 rings (SSSR count). The molecule has 5 nitrogen and oxygen atoms in total. The van der Waals surface area contributed by atoms with E-state index in [9.17, 15) is 14.3 Å². The lowest BCUT2D eigenvalue weighted by Gasteiger charge is -2.21. The van der Waals surface area contributed by atoms with Gasteiger partial charge >= 0.3 is 0 Å². The number of aliphatic hydroxyl groups is 1. The molecule has 25 heavy (non-hydrogen) atoms. The van der Waals surface area contributed by atoms with E-state index < -0.39 is 6.10 Å². The summed E-state index contributed by atoms with van der Waals surface area (Å²) in [6.07, 6.45) is -0.702. The lowest BCUT2D eigenvalue weighted by molar-refractivity contribution is -0.114. The first-order valence-electron chi connectivity index (χ1n) is 8.04. The third-order valence-electron chi connectivity index (χ3n) is 3.54. The molecule has 0 aliphatic rings. The molecule has 0 saturated heterocycles. The van der Waals surface area contributed by atoms with E-state index in [1.807, 2.05) is 11.9 Å². The fourth-order valence-electron chi connectivity index (χ4n) is 2.42. The standard InChI is InChI=1S/C19H23FN2O3/c1-14(23)21-16-7-9-18(10-8-16)25-13-17(24)12-22(2)11-15-5-3-4-6-19(15)20/h3-10,17,24H,11-13H2,1-2H3,(H,21,23). The average molecular weight is 346 g/mol. The molecule has 0 aromatic heterocycles. The van der Waals surface area contributed by atoms with Crippen LogP contribution in [0.3, 0.4) is 0 Å². The third kappa shape index (κ3) is 6.52. The SMILES string of the molecule is CC(=O)Nc1ccc(OCC(O)CN(C)Cc2ccccc2F)cc1. The van der Waals surface area contributed by atoms with Crippen LogP contribution in [0.5, 0.6) is 5.75 Å². The maximum atomic E-state index is 13.6. The van der Waals surface area contributed by atoms with Crippen molar-refractivity contribution in [3.8, 4) is 5.75 Å². The van der Waals surface area contributed by atoms with Gasteiger partial charge in [0, 0.05) is 31.3 Å². The molecule has 6 heteroatoms. The van der Waals surface area contributed by atoms with Crippen molar-refractivity contribution in [2.45, 2.75) is 19.6 Å². The zero-order chi connectivity index (χ0) is 18.2. The number of carbonyl (C=O) groups excluding carboxylic acids is 1. The fourth-order valence-corrected chi connectivity index (χ4v) is 2.42. The summed E-state index contributed by atoms with van der Waals surface area (Å²) in [6.45, 7) is 2.34. The van der Waals surface area contributed by atoms with Gasteiger partial charge in [-0.25, -0.2) is 4.39 Å². The molecule has 0 aliphatic heterocycles. The summed E-state index contributed by atoms with van der Waals surface area (Å²) in [7, 11) is 1.82. The van der Waals surface area contributed by atoms with E-state index in [-0.39, 0.29) is 18.3 Å². The number of amides is 1. The highest BCUT2D eigenvalue weighted by atomic mass is 19.1. The molecule has 0 bridgehead atoms. The Balaban J connectivity index is 1.77. The van der Waals surface area contributed by atoms with Crippen LogP contribution in [0.1, 0.15) is 12.5 Å². The van der Waals surface area contributed by atoms with Crippen molar-refractivity contribution in [1.82, 2.24) is 4.90 Å². The van der Waals surface area contributed by atoms with Gasteiger partial charge in [-0.05, 0) is 37.4 Å². The lowest BCUT2D eigenvalue weighted by atomic mass is 10.2. The molecule has 1 amide bonds. The molecule has 1 atom stereocenters. The number of carbonyl (C=O) groups is 1. The van der Waals surface area contributed by atoms with Crippen LogP contribution in [0.15, 0.2) is 48.5 Å². The summed E-state index contributed by atoms with van der Waals surface area (Å²) >= 11 is 0. The average Bonchev–Trinajstić information content (AvgIpc) is 2.56. The minimum atomic E-state index is -0.702. The smallest absolute Gasteiger partial charge is 0.221 e.